The third-order valence-electron chi connectivity index (χ3n) is 3.99. The lowest BCUT2D eigenvalue weighted by Gasteiger charge is -2.24. The Morgan fingerprint density at radius 1 is 1.33 bits per heavy atom. The van der Waals surface area contributed by atoms with Crippen molar-refractivity contribution in [1.82, 2.24) is 10.2 Å². The van der Waals surface area contributed by atoms with Gasteiger partial charge in [-0.3, -0.25) is 9.59 Å². The third-order valence-corrected chi connectivity index (χ3v) is 3.99. The summed E-state index contributed by atoms with van der Waals surface area (Å²) in [5.41, 5.74) is -0.814. The maximum absolute atomic E-state index is 11.8. The maximum atomic E-state index is 11.8. The number of likely N-dealkylation sites (N-methyl/N-ethyl adjacent to an activating group) is 1. The highest BCUT2D eigenvalue weighted by Crippen LogP contribution is 2.41. The van der Waals surface area contributed by atoms with Crippen LogP contribution in [0.5, 0.6) is 0 Å². The lowest BCUT2D eigenvalue weighted by molar-refractivity contribution is -0.151. The predicted molar refractivity (Wildman–Crippen MR) is 69.3 cm³/mol. The summed E-state index contributed by atoms with van der Waals surface area (Å²) in [5, 5.41) is 12.1. The summed E-state index contributed by atoms with van der Waals surface area (Å²) in [6.45, 7) is 2.57. The number of rotatable bonds is 6. The molecule has 0 saturated heterocycles. The number of carboxylic acids is 1. The van der Waals surface area contributed by atoms with E-state index in [0.717, 1.165) is 12.8 Å². The lowest BCUT2D eigenvalue weighted by Crippen LogP contribution is -2.41. The van der Waals surface area contributed by atoms with Gasteiger partial charge in [0.05, 0.1) is 5.41 Å². The van der Waals surface area contributed by atoms with Crippen molar-refractivity contribution in [1.29, 1.82) is 0 Å². The van der Waals surface area contributed by atoms with E-state index in [9.17, 15) is 14.7 Å². The molecule has 1 aliphatic carbocycles. The van der Waals surface area contributed by atoms with E-state index in [1.807, 2.05) is 25.9 Å². The predicted octanol–water partition coefficient (Wildman–Crippen LogP) is 1.09. The van der Waals surface area contributed by atoms with E-state index in [1.54, 1.807) is 0 Å². The first-order chi connectivity index (χ1) is 8.37. The monoisotopic (exact) mass is 256 g/mol. The molecule has 1 amide bonds. The Kier molecular flexibility index (Phi) is 5.14. The van der Waals surface area contributed by atoms with Gasteiger partial charge in [0.25, 0.3) is 0 Å². The SMILES string of the molecule is CC(CNC(=O)CC1(C(=O)O)CCCC1)N(C)C. The van der Waals surface area contributed by atoms with Crippen molar-refractivity contribution in [2.24, 2.45) is 5.41 Å². The number of amides is 1. The van der Waals surface area contributed by atoms with Gasteiger partial charge in [-0.05, 0) is 33.9 Å². The van der Waals surface area contributed by atoms with Gasteiger partial charge in [-0.2, -0.15) is 0 Å². The maximum Gasteiger partial charge on any atom is 0.310 e. The van der Waals surface area contributed by atoms with Crippen molar-refractivity contribution in [2.45, 2.75) is 45.1 Å². The largest absolute Gasteiger partial charge is 0.481 e. The smallest absolute Gasteiger partial charge is 0.310 e. The first-order valence-electron chi connectivity index (χ1n) is 6.54. The van der Waals surface area contributed by atoms with Crippen molar-refractivity contribution < 1.29 is 14.7 Å². The summed E-state index contributed by atoms with van der Waals surface area (Å²) in [6.07, 6.45) is 3.18. The van der Waals surface area contributed by atoms with Crippen LogP contribution in [0.1, 0.15) is 39.0 Å². The Hall–Kier alpha value is -1.10. The number of hydrogen-bond acceptors (Lipinski definition) is 3. The molecule has 0 spiro atoms. The van der Waals surface area contributed by atoms with E-state index in [-0.39, 0.29) is 18.4 Å². The van der Waals surface area contributed by atoms with Gasteiger partial charge in [-0.25, -0.2) is 0 Å². The summed E-state index contributed by atoms with van der Waals surface area (Å²) in [6, 6.07) is 0.248. The molecule has 5 heteroatoms. The molecule has 0 aromatic heterocycles. The second kappa shape index (κ2) is 6.18. The quantitative estimate of drug-likeness (QED) is 0.746. The van der Waals surface area contributed by atoms with Crippen LogP contribution in [0.15, 0.2) is 0 Å². The third kappa shape index (κ3) is 3.70. The van der Waals surface area contributed by atoms with E-state index in [2.05, 4.69) is 5.32 Å². The van der Waals surface area contributed by atoms with Gasteiger partial charge in [0, 0.05) is 19.0 Å². The van der Waals surface area contributed by atoms with Crippen LogP contribution in [-0.4, -0.2) is 48.6 Å². The van der Waals surface area contributed by atoms with Crippen LogP contribution >= 0.6 is 0 Å². The molecule has 1 unspecified atom stereocenters. The highest BCUT2D eigenvalue weighted by Gasteiger charge is 2.42. The second-order valence-electron chi connectivity index (χ2n) is 5.59. The highest BCUT2D eigenvalue weighted by molar-refractivity contribution is 5.85. The van der Waals surface area contributed by atoms with E-state index < -0.39 is 11.4 Å². The molecular formula is C13H24N2O3. The Labute approximate surface area is 109 Å². The minimum absolute atomic E-state index is 0.114. The molecule has 0 aliphatic heterocycles. The zero-order valence-corrected chi connectivity index (χ0v) is 11.5. The summed E-state index contributed by atoms with van der Waals surface area (Å²) in [4.78, 5) is 25.2. The fourth-order valence-corrected chi connectivity index (χ4v) is 2.33. The zero-order chi connectivity index (χ0) is 13.8. The van der Waals surface area contributed by atoms with Crippen LogP contribution < -0.4 is 5.32 Å². The van der Waals surface area contributed by atoms with Gasteiger partial charge >= 0.3 is 5.97 Å². The topological polar surface area (TPSA) is 69.6 Å². The van der Waals surface area contributed by atoms with Crippen molar-refractivity contribution in [2.75, 3.05) is 20.6 Å². The number of carbonyl (C=O) groups excluding carboxylic acids is 1. The number of carbonyl (C=O) groups is 2. The molecule has 1 fully saturated rings. The zero-order valence-electron chi connectivity index (χ0n) is 11.5. The second-order valence-corrected chi connectivity index (χ2v) is 5.59. The van der Waals surface area contributed by atoms with Gasteiger partial charge in [-0.1, -0.05) is 12.8 Å². The molecule has 0 heterocycles. The van der Waals surface area contributed by atoms with Gasteiger partial charge in [0.2, 0.25) is 5.91 Å². The molecule has 1 saturated carbocycles. The van der Waals surface area contributed by atoms with Crippen LogP contribution in [0.25, 0.3) is 0 Å². The minimum atomic E-state index is -0.823. The molecule has 0 radical (unpaired) electrons. The van der Waals surface area contributed by atoms with Crippen molar-refractivity contribution in [3.63, 3.8) is 0 Å². The van der Waals surface area contributed by atoms with Crippen LogP contribution in [0.4, 0.5) is 0 Å². The van der Waals surface area contributed by atoms with Crippen LogP contribution in [0.2, 0.25) is 0 Å². The Balaban J connectivity index is 2.46. The highest BCUT2D eigenvalue weighted by atomic mass is 16.4. The summed E-state index contributed by atoms with van der Waals surface area (Å²) >= 11 is 0. The molecule has 5 nitrogen and oxygen atoms in total. The van der Waals surface area contributed by atoms with E-state index in [1.165, 1.54) is 0 Å². The first-order valence-corrected chi connectivity index (χ1v) is 6.54. The molecule has 0 aromatic carbocycles. The average molecular weight is 256 g/mol. The number of nitrogens with zero attached hydrogens (tertiary/aromatic N) is 1. The minimum Gasteiger partial charge on any atom is -0.481 e. The molecule has 18 heavy (non-hydrogen) atoms. The van der Waals surface area contributed by atoms with E-state index >= 15 is 0 Å². The van der Waals surface area contributed by atoms with Gasteiger partial charge in [0.15, 0.2) is 0 Å². The summed E-state index contributed by atoms with van der Waals surface area (Å²) in [7, 11) is 3.90. The van der Waals surface area contributed by atoms with Crippen molar-refractivity contribution >= 4 is 11.9 Å². The number of carboxylic acid groups (broad SMARTS) is 1. The Morgan fingerprint density at radius 3 is 2.33 bits per heavy atom. The normalized spacial score (nSPS) is 19.8. The number of nitrogens with one attached hydrogen (secondary N) is 1. The molecule has 1 aliphatic rings. The molecule has 1 atom stereocenters. The molecule has 2 N–H and O–H groups in total. The van der Waals surface area contributed by atoms with E-state index in [4.69, 9.17) is 0 Å². The van der Waals surface area contributed by atoms with E-state index in [0.29, 0.717) is 19.4 Å². The number of hydrogen-bond donors (Lipinski definition) is 2. The molecule has 0 bridgehead atoms. The first kappa shape index (κ1) is 15.0. The van der Waals surface area contributed by atoms with Gasteiger partial charge < -0.3 is 15.3 Å². The van der Waals surface area contributed by atoms with Crippen molar-refractivity contribution in [3.8, 4) is 0 Å². The van der Waals surface area contributed by atoms with Gasteiger partial charge in [-0.15, -0.1) is 0 Å². The Bertz CT molecular complexity index is 309. The summed E-state index contributed by atoms with van der Waals surface area (Å²) < 4.78 is 0. The Morgan fingerprint density at radius 2 is 1.89 bits per heavy atom. The standard InChI is InChI=1S/C13H24N2O3/c1-10(15(2)3)9-14-11(16)8-13(12(17)18)6-4-5-7-13/h10H,4-9H2,1-3H3,(H,14,16)(H,17,18). The molecule has 0 aromatic rings. The average Bonchev–Trinajstić information content (AvgIpc) is 2.75. The fraction of sp³-hybridized carbons (Fsp3) is 0.846. The number of aliphatic carboxylic acids is 1. The van der Waals surface area contributed by atoms with Crippen molar-refractivity contribution in [3.05, 3.63) is 0 Å². The van der Waals surface area contributed by atoms with Crippen LogP contribution in [0.3, 0.4) is 0 Å². The lowest BCUT2D eigenvalue weighted by atomic mass is 9.82. The molecule has 1 rings (SSSR count). The fourth-order valence-electron chi connectivity index (χ4n) is 2.33. The van der Waals surface area contributed by atoms with Crippen LogP contribution in [0, 0.1) is 5.41 Å². The van der Waals surface area contributed by atoms with Crippen LogP contribution in [-0.2, 0) is 9.59 Å². The summed E-state index contributed by atoms with van der Waals surface area (Å²) in [5.74, 6) is -0.969. The van der Waals surface area contributed by atoms with Gasteiger partial charge in [0.1, 0.15) is 0 Å². The molecular weight excluding hydrogens is 232 g/mol. The molecule has 104 valence electrons.